The Kier molecular flexibility index (Phi) is 4.47. The Labute approximate surface area is 138 Å². The van der Waals surface area contributed by atoms with Gasteiger partial charge in [0.1, 0.15) is 11.5 Å². The summed E-state index contributed by atoms with van der Waals surface area (Å²) in [6.45, 7) is -0.186. The number of para-hydroxylation sites is 3. The van der Waals surface area contributed by atoms with E-state index >= 15 is 0 Å². The fourth-order valence-electron chi connectivity index (χ4n) is 2.35. The van der Waals surface area contributed by atoms with Crippen molar-refractivity contribution in [2.45, 2.75) is 0 Å². The van der Waals surface area contributed by atoms with Crippen molar-refractivity contribution in [1.29, 1.82) is 0 Å². The first kappa shape index (κ1) is 15.6. The monoisotopic (exact) mass is 324 g/mol. The van der Waals surface area contributed by atoms with Crippen LogP contribution in [0.5, 0.6) is 11.5 Å². The average Bonchev–Trinajstić information content (AvgIpc) is 2.60. The number of benzene rings is 2. The second-order valence-electron chi connectivity index (χ2n) is 5.08. The maximum atomic E-state index is 12.1. The van der Waals surface area contributed by atoms with E-state index in [2.05, 4.69) is 10.3 Å². The largest absolute Gasteiger partial charge is 0.495 e. The van der Waals surface area contributed by atoms with Gasteiger partial charge in [0.25, 0.3) is 5.91 Å². The third-order valence-electron chi connectivity index (χ3n) is 3.46. The number of methoxy groups -OCH3 is 1. The summed E-state index contributed by atoms with van der Waals surface area (Å²) in [5.41, 5.74) is 0.909. The van der Waals surface area contributed by atoms with Crippen molar-refractivity contribution in [1.82, 2.24) is 4.98 Å². The zero-order valence-corrected chi connectivity index (χ0v) is 13.0. The molecule has 0 aliphatic heterocycles. The highest BCUT2D eigenvalue weighted by atomic mass is 16.5. The number of ether oxygens (including phenoxy) is 2. The molecule has 24 heavy (non-hydrogen) atoms. The molecule has 0 unspecified atom stereocenters. The number of fused-ring (bicyclic) bond motifs is 1. The predicted octanol–water partition coefficient (Wildman–Crippen LogP) is 2.55. The lowest BCUT2D eigenvalue weighted by Gasteiger charge is -2.11. The van der Waals surface area contributed by atoms with Crippen molar-refractivity contribution in [2.24, 2.45) is 0 Å². The molecule has 0 fully saturated rings. The highest BCUT2D eigenvalue weighted by Crippen LogP contribution is 2.24. The SMILES string of the molecule is COc1ccccc1NC(=O)COc1cccc2ccc(=O)[nH]c12. The highest BCUT2D eigenvalue weighted by Gasteiger charge is 2.09. The van der Waals surface area contributed by atoms with E-state index in [-0.39, 0.29) is 18.1 Å². The van der Waals surface area contributed by atoms with Crippen LogP contribution >= 0.6 is 0 Å². The molecule has 6 nitrogen and oxygen atoms in total. The van der Waals surface area contributed by atoms with Gasteiger partial charge >= 0.3 is 0 Å². The Bertz CT molecular complexity index is 933. The topological polar surface area (TPSA) is 80.4 Å². The van der Waals surface area contributed by atoms with Gasteiger partial charge in [-0.05, 0) is 24.3 Å². The highest BCUT2D eigenvalue weighted by molar-refractivity contribution is 5.93. The number of nitrogens with one attached hydrogen (secondary N) is 2. The number of pyridine rings is 1. The molecule has 122 valence electrons. The van der Waals surface area contributed by atoms with E-state index in [0.29, 0.717) is 22.7 Å². The van der Waals surface area contributed by atoms with Crippen molar-refractivity contribution < 1.29 is 14.3 Å². The summed E-state index contributed by atoms with van der Waals surface area (Å²) >= 11 is 0. The molecular formula is C18H16N2O4. The number of aromatic nitrogens is 1. The minimum absolute atomic E-state index is 0.186. The van der Waals surface area contributed by atoms with E-state index in [4.69, 9.17) is 9.47 Å². The third kappa shape index (κ3) is 3.38. The van der Waals surface area contributed by atoms with Gasteiger partial charge in [0.15, 0.2) is 6.61 Å². The second-order valence-corrected chi connectivity index (χ2v) is 5.08. The summed E-state index contributed by atoms with van der Waals surface area (Å²) in [6.07, 6.45) is 0. The maximum Gasteiger partial charge on any atom is 0.262 e. The van der Waals surface area contributed by atoms with E-state index in [9.17, 15) is 9.59 Å². The summed E-state index contributed by atoms with van der Waals surface area (Å²) < 4.78 is 10.7. The summed E-state index contributed by atoms with van der Waals surface area (Å²) in [6, 6.07) is 15.6. The van der Waals surface area contributed by atoms with Crippen LogP contribution in [0.25, 0.3) is 10.9 Å². The zero-order valence-electron chi connectivity index (χ0n) is 13.0. The Balaban J connectivity index is 1.73. The molecule has 0 radical (unpaired) electrons. The number of H-pyrrole nitrogens is 1. The zero-order chi connectivity index (χ0) is 16.9. The first-order chi connectivity index (χ1) is 11.7. The molecule has 1 amide bonds. The molecule has 6 heteroatoms. The number of carbonyl (C=O) groups excluding carboxylic acids is 1. The number of amides is 1. The normalized spacial score (nSPS) is 10.4. The van der Waals surface area contributed by atoms with Crippen molar-refractivity contribution >= 4 is 22.5 Å². The number of anilines is 1. The summed E-state index contributed by atoms with van der Waals surface area (Å²) in [4.78, 5) is 26.3. The van der Waals surface area contributed by atoms with E-state index in [1.54, 1.807) is 36.4 Å². The predicted molar refractivity (Wildman–Crippen MR) is 91.7 cm³/mol. The molecule has 0 atom stereocenters. The maximum absolute atomic E-state index is 12.1. The van der Waals surface area contributed by atoms with Gasteiger partial charge in [0.2, 0.25) is 5.56 Å². The van der Waals surface area contributed by atoms with Crippen molar-refractivity contribution in [3.63, 3.8) is 0 Å². The Hall–Kier alpha value is -3.28. The lowest BCUT2D eigenvalue weighted by molar-refractivity contribution is -0.118. The van der Waals surface area contributed by atoms with Crippen LogP contribution in [-0.2, 0) is 4.79 Å². The summed E-state index contributed by atoms with van der Waals surface area (Å²) in [7, 11) is 1.54. The molecule has 1 aromatic heterocycles. The van der Waals surface area contributed by atoms with E-state index in [1.807, 2.05) is 12.1 Å². The average molecular weight is 324 g/mol. The van der Waals surface area contributed by atoms with Gasteiger partial charge in [-0.15, -0.1) is 0 Å². The molecule has 0 spiro atoms. The number of hydrogen-bond acceptors (Lipinski definition) is 4. The molecule has 0 saturated heterocycles. The van der Waals surface area contributed by atoms with Crippen molar-refractivity contribution in [2.75, 3.05) is 19.0 Å². The molecule has 2 aromatic carbocycles. The summed E-state index contributed by atoms with van der Waals surface area (Å²) in [5, 5.41) is 3.56. The van der Waals surface area contributed by atoms with Crippen LogP contribution in [0.4, 0.5) is 5.69 Å². The first-order valence-corrected chi connectivity index (χ1v) is 7.35. The van der Waals surface area contributed by atoms with Crippen molar-refractivity contribution in [3.05, 3.63) is 65.0 Å². The lowest BCUT2D eigenvalue weighted by atomic mass is 10.2. The minimum Gasteiger partial charge on any atom is -0.495 e. The van der Waals surface area contributed by atoms with Gasteiger partial charge in [0.05, 0.1) is 18.3 Å². The summed E-state index contributed by atoms with van der Waals surface area (Å²) in [5.74, 6) is 0.690. The van der Waals surface area contributed by atoms with E-state index in [1.165, 1.54) is 13.2 Å². The molecule has 1 heterocycles. The van der Waals surface area contributed by atoms with Gasteiger partial charge in [-0.2, -0.15) is 0 Å². The molecule has 0 aliphatic rings. The van der Waals surface area contributed by atoms with Gasteiger partial charge in [-0.3, -0.25) is 9.59 Å². The van der Waals surface area contributed by atoms with Crippen LogP contribution in [0, 0.1) is 0 Å². The van der Waals surface area contributed by atoms with Gasteiger partial charge in [0, 0.05) is 11.5 Å². The second kappa shape index (κ2) is 6.87. The molecule has 3 rings (SSSR count). The van der Waals surface area contributed by atoms with Crippen LogP contribution in [-0.4, -0.2) is 24.6 Å². The Morgan fingerprint density at radius 1 is 1.04 bits per heavy atom. The third-order valence-corrected chi connectivity index (χ3v) is 3.46. The first-order valence-electron chi connectivity index (χ1n) is 7.35. The minimum atomic E-state index is -0.324. The lowest BCUT2D eigenvalue weighted by Crippen LogP contribution is -2.20. The van der Waals surface area contributed by atoms with Crippen LogP contribution in [0.15, 0.2) is 59.4 Å². The Morgan fingerprint density at radius 2 is 1.83 bits per heavy atom. The molecule has 0 saturated carbocycles. The van der Waals surface area contributed by atoms with Crippen molar-refractivity contribution in [3.8, 4) is 11.5 Å². The Morgan fingerprint density at radius 3 is 2.67 bits per heavy atom. The molecular weight excluding hydrogens is 308 g/mol. The van der Waals surface area contributed by atoms with Gasteiger partial charge < -0.3 is 19.8 Å². The fraction of sp³-hybridized carbons (Fsp3) is 0.111. The van der Waals surface area contributed by atoms with E-state index in [0.717, 1.165) is 5.39 Å². The van der Waals surface area contributed by atoms with E-state index < -0.39 is 0 Å². The van der Waals surface area contributed by atoms with Crippen LogP contribution in [0.3, 0.4) is 0 Å². The van der Waals surface area contributed by atoms with Gasteiger partial charge in [-0.25, -0.2) is 0 Å². The number of aromatic amines is 1. The number of hydrogen-bond donors (Lipinski definition) is 2. The number of rotatable bonds is 5. The van der Waals surface area contributed by atoms with Crippen LogP contribution < -0.4 is 20.3 Å². The fourth-order valence-corrected chi connectivity index (χ4v) is 2.35. The number of carbonyl (C=O) groups is 1. The molecule has 3 aromatic rings. The standard InChI is InChI=1S/C18H16N2O4/c1-23-14-7-3-2-6-13(14)19-17(22)11-24-15-8-4-5-12-9-10-16(21)20-18(12)15/h2-10H,11H2,1H3,(H,19,22)(H,20,21). The quantitative estimate of drug-likeness (QED) is 0.756. The molecule has 2 N–H and O–H groups in total. The van der Waals surface area contributed by atoms with Crippen LogP contribution in [0.2, 0.25) is 0 Å². The molecule has 0 aliphatic carbocycles. The molecule has 0 bridgehead atoms. The van der Waals surface area contributed by atoms with Gasteiger partial charge in [-0.1, -0.05) is 24.3 Å². The van der Waals surface area contributed by atoms with Crippen LogP contribution in [0.1, 0.15) is 0 Å². The smallest absolute Gasteiger partial charge is 0.262 e.